The Morgan fingerprint density at radius 2 is 1.95 bits per heavy atom. The zero-order chi connectivity index (χ0) is 13.9. The second-order valence-electron chi connectivity index (χ2n) is 4.38. The molecule has 1 aromatic carbocycles. The van der Waals surface area contributed by atoms with Crippen molar-refractivity contribution in [1.82, 2.24) is 19.5 Å². The van der Waals surface area contributed by atoms with Crippen molar-refractivity contribution in [3.63, 3.8) is 0 Å². The Kier molecular flexibility index (Phi) is 4.62. The first-order chi connectivity index (χ1) is 9.79. The van der Waals surface area contributed by atoms with Crippen molar-refractivity contribution in [3.05, 3.63) is 48.5 Å². The summed E-state index contributed by atoms with van der Waals surface area (Å²) >= 11 is 0. The molecular formula is C14H14ClN5O. The average molecular weight is 304 g/mol. The minimum absolute atomic E-state index is 0. The van der Waals surface area contributed by atoms with Crippen LogP contribution in [0.4, 0.5) is 5.82 Å². The zero-order valence-electron chi connectivity index (χ0n) is 11.4. The summed E-state index contributed by atoms with van der Waals surface area (Å²) in [6.07, 6.45) is 3.12. The highest BCUT2D eigenvalue weighted by molar-refractivity contribution is 5.96. The molecule has 0 saturated carbocycles. The predicted octanol–water partition coefficient (Wildman–Crippen LogP) is -2.46. The van der Waals surface area contributed by atoms with Gasteiger partial charge in [0, 0.05) is 5.56 Å². The fourth-order valence-electron chi connectivity index (χ4n) is 2.10. The molecule has 6 nitrogen and oxygen atoms in total. The smallest absolute Gasteiger partial charge is 0.255 e. The number of imidazole rings is 1. The van der Waals surface area contributed by atoms with Crippen molar-refractivity contribution >= 4 is 22.8 Å². The molecule has 3 aromatic rings. The quantitative estimate of drug-likeness (QED) is 0.542. The number of rotatable bonds is 4. The standard InChI is InChI=1S/C14H13N5O.ClH/c1-15-13-12-14(17-8-16-13)19(9-18-12)7-11(20)10-5-3-2-4-6-10;/h2-6,8-9H,7H2,1H3,(H,15,16,17);1H. The van der Waals surface area contributed by atoms with Gasteiger partial charge in [0.05, 0.1) is 19.9 Å². The molecule has 2 N–H and O–H groups in total. The zero-order valence-corrected chi connectivity index (χ0v) is 12.2. The number of aromatic nitrogens is 4. The maximum absolute atomic E-state index is 12.2. The summed E-state index contributed by atoms with van der Waals surface area (Å²) in [6, 6.07) is 9.21. The summed E-state index contributed by atoms with van der Waals surface area (Å²) in [7, 11) is 1.90. The molecule has 0 bridgehead atoms. The second kappa shape index (κ2) is 6.43. The minimum Gasteiger partial charge on any atom is -1.00 e. The number of carbonyl (C=O) groups excluding carboxylic acids is 1. The number of ketones is 1. The summed E-state index contributed by atoms with van der Waals surface area (Å²) in [5.41, 5.74) is 2.08. The van der Waals surface area contributed by atoms with Crippen LogP contribution in [0.3, 0.4) is 0 Å². The highest BCUT2D eigenvalue weighted by Gasteiger charge is 2.14. The van der Waals surface area contributed by atoms with Gasteiger partial charge in [-0.1, -0.05) is 30.3 Å². The summed E-state index contributed by atoms with van der Waals surface area (Å²) in [4.78, 5) is 24.9. The molecule has 0 atom stereocenters. The van der Waals surface area contributed by atoms with Gasteiger partial charge in [-0.25, -0.2) is 9.97 Å². The van der Waals surface area contributed by atoms with E-state index in [2.05, 4.69) is 15.0 Å². The van der Waals surface area contributed by atoms with Crippen LogP contribution in [0.15, 0.2) is 43.0 Å². The minimum atomic E-state index is 0. The Bertz CT molecular complexity index is 756. The van der Waals surface area contributed by atoms with E-state index in [1.165, 1.54) is 6.33 Å². The van der Waals surface area contributed by atoms with Crippen LogP contribution in [0, 0.1) is 0 Å². The van der Waals surface area contributed by atoms with E-state index in [0.29, 0.717) is 11.2 Å². The van der Waals surface area contributed by atoms with Gasteiger partial charge in [-0.15, -0.1) is 0 Å². The molecule has 21 heavy (non-hydrogen) atoms. The second-order valence-corrected chi connectivity index (χ2v) is 4.38. The van der Waals surface area contributed by atoms with E-state index in [1.807, 2.05) is 42.7 Å². The summed E-state index contributed by atoms with van der Waals surface area (Å²) in [5.74, 6) is 0.812. The monoisotopic (exact) mass is 303 g/mol. The van der Waals surface area contributed by atoms with E-state index in [4.69, 9.17) is 0 Å². The first-order valence-corrected chi connectivity index (χ1v) is 6.33. The van der Waals surface area contributed by atoms with Crippen LogP contribution in [0.5, 0.6) is 0 Å². The lowest BCUT2D eigenvalue weighted by molar-refractivity contribution is -0.541. The molecular weight excluding hydrogens is 290 g/mol. The Morgan fingerprint density at radius 3 is 2.67 bits per heavy atom. The van der Waals surface area contributed by atoms with Gasteiger partial charge >= 0.3 is 0 Å². The average Bonchev–Trinajstić information content (AvgIpc) is 2.91. The van der Waals surface area contributed by atoms with E-state index >= 15 is 0 Å². The molecule has 0 spiro atoms. The Morgan fingerprint density at radius 1 is 1.19 bits per heavy atom. The van der Waals surface area contributed by atoms with Gasteiger partial charge in [0.25, 0.3) is 5.82 Å². The van der Waals surface area contributed by atoms with Gasteiger partial charge in [0.2, 0.25) is 0 Å². The number of quaternary nitrogens is 1. The maximum Gasteiger partial charge on any atom is 0.255 e. The normalized spacial score (nSPS) is 10.3. The lowest BCUT2D eigenvalue weighted by atomic mass is 10.1. The number of hydrogen-bond acceptors (Lipinski definition) is 4. The SMILES string of the molecule is C[NH2+]c1ncnc2c1ncn2CC(=O)c1ccccc1.[Cl-]. The Balaban J connectivity index is 0.00000161. The van der Waals surface area contributed by atoms with E-state index in [1.54, 1.807) is 10.9 Å². The lowest BCUT2D eigenvalue weighted by Gasteiger charge is -2.03. The van der Waals surface area contributed by atoms with Gasteiger partial charge in [0.1, 0.15) is 6.33 Å². The molecule has 0 saturated heterocycles. The molecule has 0 aliphatic rings. The van der Waals surface area contributed by atoms with Gasteiger partial charge in [0.15, 0.2) is 16.9 Å². The summed E-state index contributed by atoms with van der Waals surface area (Å²) in [5, 5.41) is 1.88. The first-order valence-electron chi connectivity index (χ1n) is 6.33. The van der Waals surface area contributed by atoms with Crippen LogP contribution in [-0.2, 0) is 6.54 Å². The largest absolute Gasteiger partial charge is 1.00 e. The highest BCUT2D eigenvalue weighted by Crippen LogP contribution is 2.14. The number of halogens is 1. The van der Waals surface area contributed by atoms with Crippen LogP contribution in [0.2, 0.25) is 0 Å². The van der Waals surface area contributed by atoms with Gasteiger partial charge in [-0.2, -0.15) is 4.98 Å². The third-order valence-electron chi connectivity index (χ3n) is 3.11. The van der Waals surface area contributed by atoms with E-state index < -0.39 is 0 Å². The number of Topliss-reactive ketones (excluding diaryl/α,β-unsaturated/α-hetero) is 1. The van der Waals surface area contributed by atoms with Crippen molar-refractivity contribution in [2.45, 2.75) is 6.54 Å². The lowest BCUT2D eigenvalue weighted by Crippen LogP contribution is -3.00. The van der Waals surface area contributed by atoms with Crippen molar-refractivity contribution < 1.29 is 22.5 Å². The van der Waals surface area contributed by atoms with Gasteiger partial charge < -0.3 is 17.0 Å². The number of fused-ring (bicyclic) bond motifs is 1. The third-order valence-corrected chi connectivity index (χ3v) is 3.11. The molecule has 2 aromatic heterocycles. The fraction of sp³-hybridized carbons (Fsp3) is 0.143. The van der Waals surface area contributed by atoms with Crippen LogP contribution < -0.4 is 17.7 Å². The van der Waals surface area contributed by atoms with Crippen molar-refractivity contribution in [2.24, 2.45) is 0 Å². The van der Waals surface area contributed by atoms with Crippen LogP contribution >= 0.6 is 0 Å². The summed E-state index contributed by atoms with van der Waals surface area (Å²) < 4.78 is 1.75. The number of hydrogen-bond donors (Lipinski definition) is 1. The predicted molar refractivity (Wildman–Crippen MR) is 73.6 cm³/mol. The van der Waals surface area contributed by atoms with Crippen molar-refractivity contribution in [2.75, 3.05) is 7.05 Å². The fourth-order valence-corrected chi connectivity index (χ4v) is 2.10. The third kappa shape index (κ3) is 2.91. The van der Waals surface area contributed by atoms with Crippen LogP contribution in [0.1, 0.15) is 10.4 Å². The topological polar surface area (TPSA) is 77.3 Å². The molecule has 0 unspecified atom stereocenters. The number of nitrogens with zero attached hydrogens (tertiary/aromatic N) is 4. The molecule has 2 heterocycles. The van der Waals surface area contributed by atoms with Gasteiger partial charge in [-0.3, -0.25) is 10.1 Å². The first kappa shape index (κ1) is 15.1. The van der Waals surface area contributed by atoms with E-state index in [0.717, 1.165) is 11.3 Å². The van der Waals surface area contributed by atoms with Crippen LogP contribution in [0.25, 0.3) is 11.2 Å². The highest BCUT2D eigenvalue weighted by atomic mass is 35.5. The Labute approximate surface area is 127 Å². The van der Waals surface area contributed by atoms with Crippen molar-refractivity contribution in [3.8, 4) is 0 Å². The summed E-state index contributed by atoms with van der Waals surface area (Å²) in [6.45, 7) is 0.223. The molecule has 108 valence electrons. The number of benzene rings is 1. The Hall–Kier alpha value is -2.31. The van der Waals surface area contributed by atoms with Crippen LogP contribution in [-0.4, -0.2) is 32.3 Å². The molecule has 0 radical (unpaired) electrons. The number of nitrogens with two attached hydrogens (primary N) is 1. The van der Waals surface area contributed by atoms with Crippen molar-refractivity contribution in [1.29, 1.82) is 0 Å². The molecule has 0 aliphatic heterocycles. The molecule has 7 heteroatoms. The molecule has 0 amide bonds. The maximum atomic E-state index is 12.2. The van der Waals surface area contributed by atoms with Gasteiger partial charge in [-0.05, 0) is 0 Å². The molecule has 0 aliphatic carbocycles. The van der Waals surface area contributed by atoms with E-state index in [-0.39, 0.29) is 24.7 Å². The number of carbonyl (C=O) groups is 1. The molecule has 3 rings (SSSR count). The molecule has 0 fully saturated rings. The van der Waals surface area contributed by atoms with E-state index in [9.17, 15) is 4.79 Å².